The van der Waals surface area contributed by atoms with E-state index >= 15 is 0 Å². The number of ether oxygens (including phenoxy) is 1. The molecule has 0 amide bonds. The van der Waals surface area contributed by atoms with Crippen LogP contribution in [0.4, 0.5) is 13.2 Å². The van der Waals surface area contributed by atoms with Gasteiger partial charge in [0.1, 0.15) is 11.3 Å². The summed E-state index contributed by atoms with van der Waals surface area (Å²) in [6.45, 7) is 7.72. The molecule has 0 bridgehead atoms. The first kappa shape index (κ1) is 26.0. The van der Waals surface area contributed by atoms with Crippen molar-refractivity contribution in [2.24, 2.45) is 17.1 Å². The van der Waals surface area contributed by atoms with Crippen molar-refractivity contribution < 1.29 is 32.2 Å². The van der Waals surface area contributed by atoms with E-state index in [1.54, 1.807) is 0 Å². The lowest BCUT2D eigenvalue weighted by molar-refractivity contribution is -0.138. The molecule has 0 spiro atoms. The van der Waals surface area contributed by atoms with Gasteiger partial charge in [0.2, 0.25) is 0 Å². The zero-order valence-electron chi connectivity index (χ0n) is 19.2. The van der Waals surface area contributed by atoms with Crippen molar-refractivity contribution in [2.45, 2.75) is 71.2 Å². The van der Waals surface area contributed by atoms with Crippen LogP contribution < -0.4 is 10.5 Å². The molecule has 1 fully saturated rings. The van der Waals surface area contributed by atoms with E-state index in [9.17, 15) is 13.2 Å². The molecule has 3 rings (SSSR count). The summed E-state index contributed by atoms with van der Waals surface area (Å²) >= 11 is 0. The van der Waals surface area contributed by atoms with Crippen molar-refractivity contribution in [3.05, 3.63) is 29.7 Å². The zero-order chi connectivity index (χ0) is 24.6. The van der Waals surface area contributed by atoms with Crippen LogP contribution in [0.2, 0.25) is 0 Å². The van der Waals surface area contributed by atoms with Crippen LogP contribution in [0.15, 0.2) is 18.3 Å². The molecule has 1 unspecified atom stereocenters. The molecular weight excluding hydrogens is 458 g/mol. The van der Waals surface area contributed by atoms with Crippen LogP contribution in [0.5, 0.6) is 5.75 Å². The molecule has 1 heterocycles. The largest absolute Gasteiger partial charge is 0.490 e. The van der Waals surface area contributed by atoms with Crippen LogP contribution in [-0.4, -0.2) is 32.5 Å². The van der Waals surface area contributed by atoms with Crippen molar-refractivity contribution >= 4 is 19.5 Å². The molecule has 1 saturated carbocycles. The van der Waals surface area contributed by atoms with E-state index < -0.39 is 25.9 Å². The van der Waals surface area contributed by atoms with Crippen LogP contribution in [-0.2, 0) is 16.2 Å². The lowest BCUT2D eigenvalue weighted by Crippen LogP contribution is -2.39. The van der Waals surface area contributed by atoms with Gasteiger partial charge < -0.3 is 24.8 Å². The molecule has 0 aliphatic heterocycles. The van der Waals surface area contributed by atoms with Gasteiger partial charge >= 0.3 is 14.8 Å². The van der Waals surface area contributed by atoms with E-state index in [2.05, 4.69) is 30.7 Å². The summed E-state index contributed by atoms with van der Waals surface area (Å²) in [4.78, 5) is 26.1. The van der Waals surface area contributed by atoms with E-state index in [1.165, 1.54) is 19.1 Å². The molecule has 1 aliphatic rings. The fraction of sp³-hybridized carbons (Fsp3) is 0.636. The highest BCUT2D eigenvalue weighted by atomic mass is 31.2. The van der Waals surface area contributed by atoms with Gasteiger partial charge in [-0.05, 0) is 56.1 Å². The van der Waals surface area contributed by atoms with Crippen LogP contribution in [0.1, 0.15) is 64.8 Å². The third-order valence-electron chi connectivity index (χ3n) is 6.19. The average Bonchev–Trinajstić information content (AvgIpc) is 2.70. The Hall–Kier alpha value is -1.58. The third-order valence-corrected chi connectivity index (χ3v) is 6.55. The maximum Gasteiger partial charge on any atom is 0.420 e. The second-order valence-electron chi connectivity index (χ2n) is 9.96. The first-order valence-corrected chi connectivity index (χ1v) is 12.0. The highest BCUT2D eigenvalue weighted by Gasteiger charge is 2.39. The number of rotatable bonds is 6. The fourth-order valence-corrected chi connectivity index (χ4v) is 4.62. The Morgan fingerprint density at radius 2 is 1.73 bits per heavy atom. The molecule has 0 saturated heterocycles. The second kappa shape index (κ2) is 9.58. The number of nitrogens with zero attached hydrogens (tertiary/aromatic N) is 2. The molecule has 7 nitrogen and oxygen atoms in total. The first-order valence-electron chi connectivity index (χ1n) is 10.8. The number of hydrogen-bond donors (Lipinski definition) is 3. The van der Waals surface area contributed by atoms with Gasteiger partial charge in [-0.2, -0.15) is 13.2 Å². The molecule has 1 atom stereocenters. The van der Waals surface area contributed by atoms with Crippen LogP contribution in [0.25, 0.3) is 10.9 Å². The molecule has 2 aromatic rings. The Morgan fingerprint density at radius 1 is 1.09 bits per heavy atom. The normalized spacial score (nSPS) is 21.9. The standard InChI is InChI=1S/C22H31F3N3O4P/c1-20(2,3)13-5-7-14(8-6-13)32-17-10-9-16-15(18(17)22(23,24)25)11-27-19(28-16)21(4,26)12-31-33(29)30/h9-11,13-14,29-30H,5-8,12,26H2,1-4H3. The minimum absolute atomic E-state index is 0.0224. The van der Waals surface area contributed by atoms with Gasteiger partial charge in [0.25, 0.3) is 0 Å². The number of benzene rings is 1. The fourth-order valence-electron chi connectivity index (χ4n) is 4.23. The summed E-state index contributed by atoms with van der Waals surface area (Å²) in [5.74, 6) is 0.315. The predicted molar refractivity (Wildman–Crippen MR) is 119 cm³/mol. The summed E-state index contributed by atoms with van der Waals surface area (Å²) in [6.07, 6.45) is -0.629. The number of fused-ring (bicyclic) bond motifs is 1. The number of nitrogens with two attached hydrogens (primary N) is 1. The monoisotopic (exact) mass is 489 g/mol. The summed E-state index contributed by atoms with van der Waals surface area (Å²) in [5, 5.41) is -0.185. The molecule has 1 aliphatic carbocycles. The van der Waals surface area contributed by atoms with Gasteiger partial charge in [0, 0.05) is 11.6 Å². The number of aromatic nitrogens is 2. The topological polar surface area (TPSA) is 111 Å². The van der Waals surface area contributed by atoms with Crippen molar-refractivity contribution in [3.63, 3.8) is 0 Å². The van der Waals surface area contributed by atoms with Gasteiger partial charge in [-0.25, -0.2) is 9.97 Å². The van der Waals surface area contributed by atoms with Crippen LogP contribution in [0.3, 0.4) is 0 Å². The molecule has 11 heteroatoms. The Balaban J connectivity index is 1.89. The third kappa shape index (κ3) is 6.31. The van der Waals surface area contributed by atoms with Crippen molar-refractivity contribution in [3.8, 4) is 5.75 Å². The number of alkyl halides is 3. The molecule has 4 N–H and O–H groups in total. The molecule has 1 aromatic carbocycles. The van der Waals surface area contributed by atoms with E-state index in [0.29, 0.717) is 18.8 Å². The highest BCUT2D eigenvalue weighted by molar-refractivity contribution is 7.39. The van der Waals surface area contributed by atoms with Crippen LogP contribution >= 0.6 is 8.60 Å². The van der Waals surface area contributed by atoms with Crippen molar-refractivity contribution in [1.82, 2.24) is 9.97 Å². The van der Waals surface area contributed by atoms with E-state index in [-0.39, 0.29) is 40.6 Å². The SMILES string of the molecule is CC(N)(COP(O)O)c1ncc2c(C(F)(F)F)c(OC3CCC(C(C)(C)C)CC3)ccc2n1. The number of hydrogen-bond acceptors (Lipinski definition) is 7. The summed E-state index contributed by atoms with van der Waals surface area (Å²) < 4.78 is 52.8. The van der Waals surface area contributed by atoms with E-state index in [4.69, 9.17) is 24.8 Å². The number of halogens is 3. The van der Waals surface area contributed by atoms with E-state index in [0.717, 1.165) is 19.0 Å². The maximum atomic E-state index is 14.1. The molecule has 0 radical (unpaired) electrons. The summed E-state index contributed by atoms with van der Waals surface area (Å²) in [5.41, 5.74) is 4.07. The van der Waals surface area contributed by atoms with Gasteiger partial charge in [0.05, 0.1) is 23.8 Å². The highest BCUT2D eigenvalue weighted by Crippen LogP contribution is 2.43. The minimum Gasteiger partial charge on any atom is -0.490 e. The quantitative estimate of drug-likeness (QED) is 0.488. The molecule has 184 valence electrons. The van der Waals surface area contributed by atoms with Gasteiger partial charge in [-0.3, -0.25) is 0 Å². The molecule has 1 aromatic heterocycles. The Labute approximate surface area is 192 Å². The van der Waals surface area contributed by atoms with E-state index in [1.807, 2.05) is 0 Å². The summed E-state index contributed by atoms with van der Waals surface area (Å²) in [6, 6.07) is 2.75. The predicted octanol–water partition coefficient (Wildman–Crippen LogP) is 5.03. The lowest BCUT2D eigenvalue weighted by Gasteiger charge is -2.37. The van der Waals surface area contributed by atoms with Crippen molar-refractivity contribution in [2.75, 3.05) is 6.61 Å². The van der Waals surface area contributed by atoms with Crippen LogP contribution in [0, 0.1) is 11.3 Å². The maximum absolute atomic E-state index is 14.1. The summed E-state index contributed by atoms with van der Waals surface area (Å²) in [7, 11) is -2.63. The minimum atomic E-state index is -4.67. The van der Waals surface area contributed by atoms with Crippen molar-refractivity contribution in [1.29, 1.82) is 0 Å². The smallest absolute Gasteiger partial charge is 0.420 e. The lowest BCUT2D eigenvalue weighted by atomic mass is 9.72. The zero-order valence-corrected chi connectivity index (χ0v) is 20.1. The van der Waals surface area contributed by atoms with Gasteiger partial charge in [0.15, 0.2) is 5.82 Å². The Kier molecular flexibility index (Phi) is 7.56. The Bertz CT molecular complexity index is 972. The van der Waals surface area contributed by atoms with Gasteiger partial charge in [-0.1, -0.05) is 20.8 Å². The van der Waals surface area contributed by atoms with Gasteiger partial charge in [-0.15, -0.1) is 0 Å². The molecule has 33 heavy (non-hydrogen) atoms. The first-order chi connectivity index (χ1) is 15.2. The average molecular weight is 489 g/mol. The Morgan fingerprint density at radius 3 is 2.27 bits per heavy atom. The second-order valence-corrected chi connectivity index (χ2v) is 10.7. The molecular formula is C22H31F3N3O4P.